The lowest BCUT2D eigenvalue weighted by molar-refractivity contribution is -0.141. The predicted molar refractivity (Wildman–Crippen MR) is 140 cm³/mol. The number of halogens is 4. The first-order chi connectivity index (χ1) is 19.1. The highest BCUT2D eigenvalue weighted by atomic mass is 19.4. The molecule has 0 unspecified atom stereocenters. The topological polar surface area (TPSA) is 99.7 Å². The summed E-state index contributed by atoms with van der Waals surface area (Å²) >= 11 is 0. The van der Waals surface area contributed by atoms with Crippen LogP contribution in [0.5, 0.6) is 0 Å². The van der Waals surface area contributed by atoms with Crippen molar-refractivity contribution in [3.8, 4) is 0 Å². The fraction of sp³-hybridized carbons (Fsp3) is 0.333. The molecule has 1 aromatic carbocycles. The fourth-order valence-corrected chi connectivity index (χ4v) is 4.36. The Bertz CT molecular complexity index is 1410. The zero-order valence-corrected chi connectivity index (χ0v) is 21.5. The minimum Gasteiger partial charge on any atom is -0.378 e. The maximum absolute atomic E-state index is 14.3. The van der Waals surface area contributed by atoms with Gasteiger partial charge in [-0.25, -0.2) is 14.4 Å². The Morgan fingerprint density at radius 3 is 2.33 bits per heavy atom. The van der Waals surface area contributed by atoms with Crippen LogP contribution in [0.4, 0.5) is 40.4 Å². The number of benzene rings is 1. The first-order valence-electron chi connectivity index (χ1n) is 12.6. The van der Waals surface area contributed by atoms with Crippen molar-refractivity contribution in [1.82, 2.24) is 9.97 Å². The van der Waals surface area contributed by atoms with E-state index in [4.69, 9.17) is 4.74 Å². The summed E-state index contributed by atoms with van der Waals surface area (Å²) in [4.78, 5) is 37.4. The smallest absolute Gasteiger partial charge is 0.378 e. The van der Waals surface area contributed by atoms with Crippen molar-refractivity contribution < 1.29 is 31.9 Å². The lowest BCUT2D eigenvalue weighted by Gasteiger charge is -2.29. The van der Waals surface area contributed by atoms with E-state index in [0.29, 0.717) is 43.9 Å². The van der Waals surface area contributed by atoms with Gasteiger partial charge in [-0.1, -0.05) is 0 Å². The van der Waals surface area contributed by atoms with E-state index in [-0.39, 0.29) is 16.9 Å². The molecule has 2 fully saturated rings. The van der Waals surface area contributed by atoms with Gasteiger partial charge in [0.2, 0.25) is 0 Å². The molecule has 3 aromatic rings. The summed E-state index contributed by atoms with van der Waals surface area (Å²) in [7, 11) is 1.90. The van der Waals surface area contributed by atoms with Crippen LogP contribution in [0.25, 0.3) is 0 Å². The number of hydrogen-bond donors (Lipinski definition) is 2. The van der Waals surface area contributed by atoms with E-state index in [0.717, 1.165) is 31.2 Å². The number of hydrogen-bond acceptors (Lipinski definition) is 7. The van der Waals surface area contributed by atoms with Crippen LogP contribution in [-0.2, 0) is 10.9 Å². The highest BCUT2D eigenvalue weighted by Gasteiger charge is 2.37. The molecule has 1 aliphatic heterocycles. The molecule has 2 aromatic heterocycles. The van der Waals surface area contributed by atoms with Gasteiger partial charge in [-0.2, -0.15) is 13.2 Å². The van der Waals surface area contributed by atoms with Crippen LogP contribution in [-0.4, -0.2) is 61.2 Å². The summed E-state index contributed by atoms with van der Waals surface area (Å²) in [6.07, 6.45) is -0.659. The minimum atomic E-state index is -4.93. The second kappa shape index (κ2) is 11.1. The highest BCUT2D eigenvalue weighted by molar-refractivity contribution is 6.08. The van der Waals surface area contributed by atoms with Gasteiger partial charge in [0.25, 0.3) is 11.8 Å². The molecule has 2 amide bonds. The van der Waals surface area contributed by atoms with Gasteiger partial charge in [0.15, 0.2) is 5.69 Å². The summed E-state index contributed by atoms with van der Waals surface area (Å²) in [6.45, 7) is 1.94. The van der Waals surface area contributed by atoms with E-state index in [9.17, 15) is 27.2 Å². The van der Waals surface area contributed by atoms with Gasteiger partial charge in [-0.3, -0.25) is 9.59 Å². The number of anilines is 4. The Balaban J connectivity index is 1.35. The van der Waals surface area contributed by atoms with Gasteiger partial charge in [-0.15, -0.1) is 0 Å². The molecule has 13 heteroatoms. The van der Waals surface area contributed by atoms with E-state index in [2.05, 4.69) is 20.6 Å². The van der Waals surface area contributed by atoms with E-state index in [1.807, 2.05) is 16.8 Å². The zero-order chi connectivity index (χ0) is 28.4. The van der Waals surface area contributed by atoms with Crippen LogP contribution in [0.15, 0.2) is 48.8 Å². The predicted octanol–water partition coefficient (Wildman–Crippen LogP) is 4.57. The number of aromatic nitrogens is 2. The molecule has 5 rings (SSSR count). The standard InChI is InChI=1S/C27H26F4N6O3/c1-36(20-3-4-20)23-5-2-18(14-32-23)34-26(39)22-13-19(15-33-24(22)27(29,30)31)35-25(38)16-10-17(28)12-21(11-16)37-6-8-40-9-7-37/h2,5,10-15,20H,3-4,6-9H2,1H3,(H,34,39)(H,35,38). The molecule has 0 bridgehead atoms. The number of ether oxygens (including phenoxy) is 1. The fourth-order valence-electron chi connectivity index (χ4n) is 4.36. The number of carbonyl (C=O) groups is 2. The third-order valence-corrected chi connectivity index (χ3v) is 6.64. The molecule has 9 nitrogen and oxygen atoms in total. The zero-order valence-electron chi connectivity index (χ0n) is 21.5. The van der Waals surface area contributed by atoms with Gasteiger partial charge in [0.05, 0.1) is 42.5 Å². The van der Waals surface area contributed by atoms with Gasteiger partial charge in [0.1, 0.15) is 11.6 Å². The molecule has 3 heterocycles. The van der Waals surface area contributed by atoms with Gasteiger partial charge in [-0.05, 0) is 49.2 Å². The average Bonchev–Trinajstić information content (AvgIpc) is 3.78. The SMILES string of the molecule is CN(c1ccc(NC(=O)c2cc(NC(=O)c3cc(F)cc(N4CCOCC4)c3)cnc2C(F)(F)F)cn1)C1CC1. The molecular formula is C27H26F4N6O3. The van der Waals surface area contributed by atoms with Crippen molar-refractivity contribution in [2.24, 2.45) is 0 Å². The second-order valence-corrected chi connectivity index (χ2v) is 9.57. The van der Waals surface area contributed by atoms with E-state index >= 15 is 0 Å². The van der Waals surface area contributed by atoms with E-state index in [1.54, 1.807) is 12.1 Å². The number of rotatable bonds is 7. The Kier molecular flexibility index (Phi) is 7.57. The molecule has 1 saturated heterocycles. The quantitative estimate of drug-likeness (QED) is 0.410. The second-order valence-electron chi connectivity index (χ2n) is 9.57. The number of alkyl halides is 3. The summed E-state index contributed by atoms with van der Waals surface area (Å²) < 4.78 is 60.7. The van der Waals surface area contributed by atoms with Crippen molar-refractivity contribution in [3.05, 3.63) is 71.4 Å². The van der Waals surface area contributed by atoms with Gasteiger partial charge >= 0.3 is 6.18 Å². The Morgan fingerprint density at radius 1 is 0.975 bits per heavy atom. The van der Waals surface area contributed by atoms with Crippen molar-refractivity contribution >= 4 is 34.7 Å². The number of nitrogens with zero attached hydrogens (tertiary/aromatic N) is 4. The molecule has 2 N–H and O–H groups in total. The van der Waals surface area contributed by atoms with Crippen LogP contribution < -0.4 is 20.4 Å². The molecule has 0 spiro atoms. The Hall–Kier alpha value is -4.26. The lowest BCUT2D eigenvalue weighted by Crippen LogP contribution is -2.36. The van der Waals surface area contributed by atoms with Crippen molar-refractivity contribution in [2.75, 3.05) is 53.8 Å². The highest BCUT2D eigenvalue weighted by Crippen LogP contribution is 2.33. The molecule has 0 atom stereocenters. The number of nitrogens with one attached hydrogen (secondary N) is 2. The van der Waals surface area contributed by atoms with Crippen LogP contribution in [0.2, 0.25) is 0 Å². The Morgan fingerprint density at radius 2 is 1.68 bits per heavy atom. The van der Waals surface area contributed by atoms with Gasteiger partial charge < -0.3 is 25.2 Å². The van der Waals surface area contributed by atoms with E-state index < -0.39 is 35.1 Å². The van der Waals surface area contributed by atoms with Crippen LogP contribution in [0, 0.1) is 5.82 Å². The largest absolute Gasteiger partial charge is 0.434 e. The molecule has 1 saturated carbocycles. The van der Waals surface area contributed by atoms with Crippen LogP contribution in [0.1, 0.15) is 39.3 Å². The van der Waals surface area contributed by atoms with Crippen molar-refractivity contribution in [2.45, 2.75) is 25.1 Å². The van der Waals surface area contributed by atoms with Gasteiger partial charge in [0, 0.05) is 37.4 Å². The molecular weight excluding hydrogens is 532 g/mol. The van der Waals surface area contributed by atoms with Crippen LogP contribution in [0.3, 0.4) is 0 Å². The summed E-state index contributed by atoms with van der Waals surface area (Å²) in [5.41, 5.74) is -1.76. The summed E-state index contributed by atoms with van der Waals surface area (Å²) in [6, 6.07) is 8.28. The van der Waals surface area contributed by atoms with Crippen LogP contribution >= 0.6 is 0 Å². The number of amides is 2. The lowest BCUT2D eigenvalue weighted by atomic mass is 10.1. The number of pyridine rings is 2. The third-order valence-electron chi connectivity index (χ3n) is 6.64. The monoisotopic (exact) mass is 558 g/mol. The molecule has 40 heavy (non-hydrogen) atoms. The van der Waals surface area contributed by atoms with Crippen molar-refractivity contribution in [3.63, 3.8) is 0 Å². The normalized spacial score (nSPS) is 15.5. The first kappa shape index (κ1) is 27.3. The number of morpholine rings is 1. The molecule has 1 aliphatic carbocycles. The maximum Gasteiger partial charge on any atom is 0.434 e. The average molecular weight is 559 g/mol. The third kappa shape index (κ3) is 6.30. The Labute approximate surface area is 227 Å². The molecule has 0 radical (unpaired) electrons. The van der Waals surface area contributed by atoms with E-state index in [1.165, 1.54) is 18.3 Å². The molecule has 2 aliphatic rings. The number of carbonyl (C=O) groups excluding carboxylic acids is 2. The summed E-state index contributed by atoms with van der Waals surface area (Å²) in [5.74, 6) is -1.83. The maximum atomic E-state index is 14.3. The molecule has 210 valence electrons. The first-order valence-corrected chi connectivity index (χ1v) is 12.6. The minimum absolute atomic E-state index is 0.0466. The van der Waals surface area contributed by atoms with Crippen molar-refractivity contribution in [1.29, 1.82) is 0 Å². The summed E-state index contributed by atoms with van der Waals surface area (Å²) in [5, 5.41) is 4.82.